The molecular weight excluding hydrogens is 216 g/mol. The average Bonchev–Trinajstić information content (AvgIpc) is 2.78. The maximum Gasteiger partial charge on any atom is 0.117 e. The topological polar surface area (TPSA) is 48.6 Å². The Labute approximate surface area is 104 Å². The van der Waals surface area contributed by atoms with Crippen LogP contribution in [0, 0.1) is 0 Å². The van der Waals surface area contributed by atoms with Crippen LogP contribution in [0.3, 0.4) is 0 Å². The third-order valence-electron chi connectivity index (χ3n) is 2.64. The average molecular weight is 240 g/mol. The van der Waals surface area contributed by atoms with Crippen LogP contribution in [0.25, 0.3) is 0 Å². The molecule has 2 N–H and O–H groups in total. The second-order valence-corrected chi connectivity index (χ2v) is 4.62. The third-order valence-corrected chi connectivity index (χ3v) is 2.64. The Morgan fingerprint density at radius 3 is 2.76 bits per heavy atom. The minimum Gasteiger partial charge on any atom is -0.468 e. The molecule has 1 aromatic rings. The molecule has 0 amide bonds. The molecule has 1 unspecified atom stereocenters. The summed E-state index contributed by atoms with van der Waals surface area (Å²) in [7, 11) is 0. The summed E-state index contributed by atoms with van der Waals surface area (Å²) in [6.07, 6.45) is 1.34. The van der Waals surface area contributed by atoms with E-state index in [2.05, 4.69) is 31.0 Å². The van der Waals surface area contributed by atoms with Crippen LogP contribution in [0.2, 0.25) is 0 Å². The molecule has 0 spiro atoms. The van der Waals surface area contributed by atoms with Gasteiger partial charge in [0, 0.05) is 19.1 Å². The maximum atomic E-state index is 9.89. The zero-order chi connectivity index (χ0) is 12.7. The van der Waals surface area contributed by atoms with E-state index in [9.17, 15) is 5.11 Å². The minimum atomic E-state index is -0.340. The predicted molar refractivity (Wildman–Crippen MR) is 68.8 cm³/mol. The molecule has 4 heteroatoms. The first-order chi connectivity index (χ1) is 8.11. The van der Waals surface area contributed by atoms with Gasteiger partial charge in [0.2, 0.25) is 0 Å². The maximum absolute atomic E-state index is 9.89. The molecule has 98 valence electrons. The van der Waals surface area contributed by atoms with Gasteiger partial charge in [-0.15, -0.1) is 0 Å². The van der Waals surface area contributed by atoms with Gasteiger partial charge in [-0.25, -0.2) is 0 Å². The van der Waals surface area contributed by atoms with Crippen molar-refractivity contribution in [2.75, 3.05) is 19.6 Å². The molecule has 0 aliphatic carbocycles. The number of hydrogen-bond acceptors (Lipinski definition) is 4. The lowest BCUT2D eigenvalue weighted by atomic mass is 10.2. The van der Waals surface area contributed by atoms with Crippen molar-refractivity contribution in [1.29, 1.82) is 0 Å². The fourth-order valence-corrected chi connectivity index (χ4v) is 1.66. The second kappa shape index (κ2) is 7.48. The molecule has 0 aromatic carbocycles. The number of hydrogen-bond donors (Lipinski definition) is 2. The van der Waals surface area contributed by atoms with Gasteiger partial charge in [0.25, 0.3) is 0 Å². The second-order valence-electron chi connectivity index (χ2n) is 4.62. The molecule has 4 nitrogen and oxygen atoms in total. The largest absolute Gasteiger partial charge is 0.468 e. The van der Waals surface area contributed by atoms with Crippen LogP contribution >= 0.6 is 0 Å². The summed E-state index contributed by atoms with van der Waals surface area (Å²) in [6.45, 7) is 9.19. The van der Waals surface area contributed by atoms with Crippen molar-refractivity contribution >= 4 is 0 Å². The van der Waals surface area contributed by atoms with Gasteiger partial charge in [0.15, 0.2) is 0 Å². The van der Waals surface area contributed by atoms with Gasteiger partial charge in [-0.2, -0.15) is 0 Å². The summed E-state index contributed by atoms with van der Waals surface area (Å²) in [6, 6.07) is 4.26. The standard InChI is InChI=1S/C13H24N2O2/c1-4-15(10-13-6-5-7-17-13)9-12(16)8-14-11(2)3/h5-7,11-12,14,16H,4,8-10H2,1-3H3. The van der Waals surface area contributed by atoms with Crippen LogP contribution in [0.15, 0.2) is 22.8 Å². The molecular formula is C13H24N2O2. The van der Waals surface area contributed by atoms with Crippen molar-refractivity contribution in [3.05, 3.63) is 24.2 Å². The summed E-state index contributed by atoms with van der Waals surface area (Å²) in [5, 5.41) is 13.1. The molecule has 0 saturated carbocycles. The zero-order valence-electron chi connectivity index (χ0n) is 11.0. The molecule has 0 bridgehead atoms. The highest BCUT2D eigenvalue weighted by Crippen LogP contribution is 2.05. The van der Waals surface area contributed by atoms with Gasteiger partial charge in [0.1, 0.15) is 5.76 Å². The Bertz CT molecular complexity index is 286. The van der Waals surface area contributed by atoms with Gasteiger partial charge in [0.05, 0.1) is 18.9 Å². The first-order valence-corrected chi connectivity index (χ1v) is 6.28. The highest BCUT2D eigenvalue weighted by atomic mass is 16.3. The third kappa shape index (κ3) is 5.86. The molecule has 1 rings (SSSR count). The van der Waals surface area contributed by atoms with Crippen molar-refractivity contribution < 1.29 is 9.52 Å². The van der Waals surface area contributed by atoms with Gasteiger partial charge < -0.3 is 14.8 Å². The van der Waals surface area contributed by atoms with Crippen molar-refractivity contribution in [1.82, 2.24) is 10.2 Å². The first-order valence-electron chi connectivity index (χ1n) is 6.28. The highest BCUT2D eigenvalue weighted by Gasteiger charge is 2.12. The van der Waals surface area contributed by atoms with Crippen LogP contribution in [0.1, 0.15) is 26.5 Å². The van der Waals surface area contributed by atoms with E-state index in [0.717, 1.165) is 18.8 Å². The summed E-state index contributed by atoms with van der Waals surface area (Å²) < 4.78 is 5.31. The molecule has 17 heavy (non-hydrogen) atoms. The Kier molecular flexibility index (Phi) is 6.26. The number of nitrogens with zero attached hydrogens (tertiary/aromatic N) is 1. The Morgan fingerprint density at radius 1 is 1.47 bits per heavy atom. The van der Waals surface area contributed by atoms with Crippen LogP contribution in [-0.4, -0.2) is 41.8 Å². The summed E-state index contributed by atoms with van der Waals surface area (Å²) >= 11 is 0. The van der Waals surface area contributed by atoms with Crippen LogP contribution in [0.4, 0.5) is 0 Å². The normalized spacial score (nSPS) is 13.5. The number of nitrogens with one attached hydrogen (secondary N) is 1. The summed E-state index contributed by atoms with van der Waals surface area (Å²) in [5.41, 5.74) is 0. The van der Waals surface area contributed by atoms with Gasteiger partial charge in [-0.05, 0) is 18.7 Å². The fourth-order valence-electron chi connectivity index (χ4n) is 1.66. The lowest BCUT2D eigenvalue weighted by molar-refractivity contribution is 0.105. The van der Waals surface area contributed by atoms with E-state index in [4.69, 9.17) is 4.42 Å². The predicted octanol–water partition coefficient (Wildman–Crippen LogP) is 1.46. The summed E-state index contributed by atoms with van der Waals surface area (Å²) in [4.78, 5) is 2.17. The number of aliphatic hydroxyl groups excluding tert-OH is 1. The number of likely N-dealkylation sites (N-methyl/N-ethyl adjacent to an activating group) is 1. The van der Waals surface area contributed by atoms with E-state index in [0.29, 0.717) is 19.1 Å². The van der Waals surface area contributed by atoms with Crippen LogP contribution in [-0.2, 0) is 6.54 Å². The van der Waals surface area contributed by atoms with Gasteiger partial charge in [-0.1, -0.05) is 20.8 Å². The highest BCUT2D eigenvalue weighted by molar-refractivity contribution is 4.97. The lowest BCUT2D eigenvalue weighted by Crippen LogP contribution is -2.39. The first kappa shape index (κ1) is 14.2. The van der Waals surface area contributed by atoms with E-state index < -0.39 is 0 Å². The molecule has 1 aromatic heterocycles. The van der Waals surface area contributed by atoms with E-state index in [-0.39, 0.29) is 6.10 Å². The van der Waals surface area contributed by atoms with Crippen molar-refractivity contribution in [3.63, 3.8) is 0 Å². The molecule has 0 aliphatic heterocycles. The lowest BCUT2D eigenvalue weighted by Gasteiger charge is -2.23. The fraction of sp³-hybridized carbons (Fsp3) is 0.692. The number of furan rings is 1. The molecule has 0 saturated heterocycles. The Balaban J connectivity index is 2.30. The summed E-state index contributed by atoms with van der Waals surface area (Å²) in [5.74, 6) is 0.941. The Hall–Kier alpha value is -0.840. The number of rotatable bonds is 8. The minimum absolute atomic E-state index is 0.340. The molecule has 0 aliphatic rings. The SMILES string of the molecule is CCN(Cc1ccco1)CC(O)CNC(C)C. The van der Waals surface area contributed by atoms with Crippen molar-refractivity contribution in [2.45, 2.75) is 39.5 Å². The molecule has 1 heterocycles. The monoisotopic (exact) mass is 240 g/mol. The quantitative estimate of drug-likeness (QED) is 0.722. The zero-order valence-corrected chi connectivity index (χ0v) is 11.0. The van der Waals surface area contributed by atoms with Gasteiger partial charge in [-0.3, -0.25) is 4.90 Å². The van der Waals surface area contributed by atoms with E-state index >= 15 is 0 Å². The van der Waals surface area contributed by atoms with Crippen LogP contribution < -0.4 is 5.32 Å². The molecule has 1 atom stereocenters. The van der Waals surface area contributed by atoms with E-state index in [1.807, 2.05) is 12.1 Å². The molecule has 0 fully saturated rings. The van der Waals surface area contributed by atoms with Crippen molar-refractivity contribution in [3.8, 4) is 0 Å². The van der Waals surface area contributed by atoms with E-state index in [1.165, 1.54) is 0 Å². The molecule has 0 radical (unpaired) electrons. The Morgan fingerprint density at radius 2 is 2.24 bits per heavy atom. The smallest absolute Gasteiger partial charge is 0.117 e. The van der Waals surface area contributed by atoms with E-state index in [1.54, 1.807) is 6.26 Å². The van der Waals surface area contributed by atoms with Crippen molar-refractivity contribution in [2.24, 2.45) is 0 Å². The van der Waals surface area contributed by atoms with Gasteiger partial charge >= 0.3 is 0 Å². The van der Waals surface area contributed by atoms with Crippen LogP contribution in [0.5, 0.6) is 0 Å². The number of aliphatic hydroxyl groups is 1.